The third-order valence-corrected chi connectivity index (χ3v) is 3.72. The number of benzene rings is 1. The Morgan fingerprint density at radius 2 is 2.11 bits per heavy atom. The van der Waals surface area contributed by atoms with E-state index in [2.05, 4.69) is 15.3 Å². The molecule has 0 unspecified atom stereocenters. The smallest absolute Gasteiger partial charge is 0.225 e. The summed E-state index contributed by atoms with van der Waals surface area (Å²) >= 11 is 7.33. The molecule has 0 aliphatic rings. The van der Waals surface area contributed by atoms with E-state index in [-0.39, 0.29) is 11.1 Å². The van der Waals surface area contributed by atoms with Crippen LogP contribution in [0.25, 0.3) is 10.2 Å². The molecule has 0 fully saturated rings. The molecule has 1 N–H and O–H groups in total. The van der Waals surface area contributed by atoms with Gasteiger partial charge in [-0.05, 0) is 41.6 Å². The van der Waals surface area contributed by atoms with Crippen molar-refractivity contribution >= 4 is 44.7 Å². The molecule has 3 rings (SSSR count). The molecule has 1 aromatic carbocycles. The Morgan fingerprint density at radius 1 is 1.26 bits per heavy atom. The average molecular weight is 294 g/mol. The fourth-order valence-electron chi connectivity index (χ4n) is 1.80. The van der Waals surface area contributed by atoms with Gasteiger partial charge in [-0.25, -0.2) is 9.37 Å². The summed E-state index contributed by atoms with van der Waals surface area (Å²) in [6.07, 6.45) is 0. The first-order valence-corrected chi connectivity index (χ1v) is 6.84. The zero-order valence-electron chi connectivity index (χ0n) is 9.95. The molecule has 19 heavy (non-hydrogen) atoms. The maximum atomic E-state index is 14.0. The maximum absolute atomic E-state index is 14.0. The van der Waals surface area contributed by atoms with Gasteiger partial charge in [-0.1, -0.05) is 12.1 Å². The molecule has 0 aliphatic heterocycles. The Labute approximate surface area is 118 Å². The Kier molecular flexibility index (Phi) is 3.08. The number of nitrogens with one attached hydrogen (secondary N) is 1. The van der Waals surface area contributed by atoms with E-state index in [4.69, 9.17) is 11.6 Å². The molecule has 3 nitrogen and oxygen atoms in total. The van der Waals surface area contributed by atoms with Crippen molar-refractivity contribution < 1.29 is 4.39 Å². The lowest BCUT2D eigenvalue weighted by Gasteiger charge is -2.09. The first-order chi connectivity index (χ1) is 9.15. The molecule has 0 aliphatic carbocycles. The third-order valence-electron chi connectivity index (χ3n) is 2.74. The number of nitrogens with zero attached hydrogens (tertiary/aromatic N) is 2. The molecule has 3 aromatic rings. The summed E-state index contributed by atoms with van der Waals surface area (Å²) in [5, 5.41) is 5.85. The van der Waals surface area contributed by atoms with E-state index < -0.39 is 0 Å². The Hall–Kier alpha value is -1.72. The highest BCUT2D eigenvalue weighted by atomic mass is 35.5. The lowest BCUT2D eigenvalue weighted by molar-refractivity contribution is 0.622. The van der Waals surface area contributed by atoms with Gasteiger partial charge in [0.25, 0.3) is 0 Å². The van der Waals surface area contributed by atoms with Gasteiger partial charge in [0, 0.05) is 0 Å². The molecule has 0 radical (unpaired) electrons. The maximum Gasteiger partial charge on any atom is 0.225 e. The fourth-order valence-corrected chi connectivity index (χ4v) is 2.78. The molecule has 2 heterocycles. The molecular weight excluding hydrogens is 285 g/mol. The fraction of sp³-hybridized carbons (Fsp3) is 0.0769. The van der Waals surface area contributed by atoms with Crippen molar-refractivity contribution in [3.05, 3.63) is 46.3 Å². The Bertz CT molecular complexity index is 757. The summed E-state index contributed by atoms with van der Waals surface area (Å²) in [5.41, 5.74) is 0.953. The summed E-state index contributed by atoms with van der Waals surface area (Å²) in [6.45, 7) is 1.72. The van der Waals surface area contributed by atoms with Crippen LogP contribution < -0.4 is 5.32 Å². The van der Waals surface area contributed by atoms with Crippen LogP contribution in [0.4, 0.5) is 15.9 Å². The number of fused-ring (bicyclic) bond motifs is 1. The lowest BCUT2D eigenvalue weighted by Crippen LogP contribution is -1.99. The highest BCUT2D eigenvalue weighted by Gasteiger charge is 2.11. The predicted molar refractivity (Wildman–Crippen MR) is 76.8 cm³/mol. The molecule has 0 saturated heterocycles. The van der Waals surface area contributed by atoms with Crippen LogP contribution in [0.15, 0.2) is 29.6 Å². The summed E-state index contributed by atoms with van der Waals surface area (Å²) in [6, 6.07) is 7.05. The van der Waals surface area contributed by atoms with E-state index in [1.165, 1.54) is 11.3 Å². The number of hydrogen-bond acceptors (Lipinski definition) is 4. The summed E-state index contributed by atoms with van der Waals surface area (Å²) < 4.78 is 14.0. The molecule has 0 amide bonds. The minimum absolute atomic E-state index is 0.144. The number of aromatic nitrogens is 2. The van der Waals surface area contributed by atoms with E-state index in [9.17, 15) is 4.39 Å². The quantitative estimate of drug-likeness (QED) is 0.705. The molecule has 0 bridgehead atoms. The normalized spacial score (nSPS) is 10.9. The van der Waals surface area contributed by atoms with E-state index >= 15 is 0 Å². The lowest BCUT2D eigenvalue weighted by atomic mass is 10.2. The van der Waals surface area contributed by atoms with Crippen molar-refractivity contribution in [2.24, 2.45) is 0 Å². The number of rotatable bonds is 2. The monoisotopic (exact) mass is 293 g/mol. The molecule has 0 saturated carbocycles. The second kappa shape index (κ2) is 4.75. The SMILES string of the molecule is Cc1cccc(Nc2nc(Cl)nc3sccc23)c1F. The van der Waals surface area contributed by atoms with Gasteiger partial charge in [0.2, 0.25) is 5.28 Å². The minimum atomic E-state index is -0.291. The van der Waals surface area contributed by atoms with Crippen LogP contribution in [0, 0.1) is 12.7 Å². The third kappa shape index (κ3) is 2.27. The van der Waals surface area contributed by atoms with Crippen molar-refractivity contribution in [2.75, 3.05) is 5.32 Å². The Morgan fingerprint density at radius 3 is 2.95 bits per heavy atom. The second-order valence-corrected chi connectivity index (χ2v) is 5.27. The number of anilines is 2. The average Bonchev–Trinajstić information content (AvgIpc) is 2.83. The first kappa shape index (κ1) is 12.3. The van der Waals surface area contributed by atoms with E-state index in [0.29, 0.717) is 17.1 Å². The van der Waals surface area contributed by atoms with Gasteiger partial charge in [-0.15, -0.1) is 11.3 Å². The summed E-state index contributed by atoms with van der Waals surface area (Å²) in [7, 11) is 0. The van der Waals surface area contributed by atoms with Crippen LogP contribution in [-0.2, 0) is 0 Å². The molecular formula is C13H9ClFN3S. The first-order valence-electron chi connectivity index (χ1n) is 5.58. The number of hydrogen-bond donors (Lipinski definition) is 1. The highest BCUT2D eigenvalue weighted by molar-refractivity contribution is 7.16. The van der Waals surface area contributed by atoms with Crippen LogP contribution in [0.3, 0.4) is 0 Å². The van der Waals surface area contributed by atoms with Crippen LogP contribution in [0.2, 0.25) is 5.28 Å². The van der Waals surface area contributed by atoms with Gasteiger partial charge in [0.05, 0.1) is 11.1 Å². The van der Waals surface area contributed by atoms with E-state index in [0.717, 1.165) is 10.2 Å². The van der Waals surface area contributed by atoms with Crippen LogP contribution in [-0.4, -0.2) is 9.97 Å². The van der Waals surface area contributed by atoms with Crippen LogP contribution >= 0.6 is 22.9 Å². The standard InChI is InChI=1S/C13H9ClFN3S/c1-7-3-2-4-9(10(7)15)16-11-8-5-6-19-12(8)18-13(14)17-11/h2-6H,1H3,(H,16,17,18). The van der Waals surface area contributed by atoms with E-state index in [1.807, 2.05) is 11.4 Å². The summed E-state index contributed by atoms with van der Waals surface area (Å²) in [5.74, 6) is 0.223. The van der Waals surface area contributed by atoms with Gasteiger partial charge in [0.1, 0.15) is 16.5 Å². The van der Waals surface area contributed by atoms with Gasteiger partial charge in [-0.3, -0.25) is 0 Å². The van der Waals surface area contributed by atoms with Crippen LogP contribution in [0.1, 0.15) is 5.56 Å². The topological polar surface area (TPSA) is 37.8 Å². The minimum Gasteiger partial charge on any atom is -0.337 e. The van der Waals surface area contributed by atoms with Crippen molar-refractivity contribution in [2.45, 2.75) is 6.92 Å². The molecule has 96 valence electrons. The molecule has 0 spiro atoms. The molecule has 6 heteroatoms. The van der Waals surface area contributed by atoms with E-state index in [1.54, 1.807) is 25.1 Å². The molecule has 0 atom stereocenters. The van der Waals surface area contributed by atoms with Crippen LogP contribution in [0.5, 0.6) is 0 Å². The van der Waals surface area contributed by atoms with Gasteiger partial charge >= 0.3 is 0 Å². The number of aryl methyl sites for hydroxylation is 1. The predicted octanol–water partition coefficient (Wildman–Crippen LogP) is 4.54. The van der Waals surface area contributed by atoms with Crippen molar-refractivity contribution in [1.29, 1.82) is 0 Å². The number of halogens is 2. The highest BCUT2D eigenvalue weighted by Crippen LogP contribution is 2.29. The second-order valence-electron chi connectivity index (χ2n) is 4.04. The van der Waals surface area contributed by atoms with Gasteiger partial charge in [-0.2, -0.15) is 4.98 Å². The van der Waals surface area contributed by atoms with Crippen molar-refractivity contribution in [1.82, 2.24) is 9.97 Å². The Balaban J connectivity index is 2.10. The van der Waals surface area contributed by atoms with Crippen molar-refractivity contribution in [3.63, 3.8) is 0 Å². The zero-order valence-corrected chi connectivity index (χ0v) is 11.5. The van der Waals surface area contributed by atoms with Gasteiger partial charge < -0.3 is 5.32 Å². The van der Waals surface area contributed by atoms with Gasteiger partial charge in [0.15, 0.2) is 0 Å². The molecule has 2 aromatic heterocycles. The number of thiophene rings is 1. The van der Waals surface area contributed by atoms with Crippen molar-refractivity contribution in [3.8, 4) is 0 Å². The largest absolute Gasteiger partial charge is 0.337 e. The zero-order chi connectivity index (χ0) is 13.4. The summed E-state index contributed by atoms with van der Waals surface area (Å²) in [4.78, 5) is 9.01.